The molecule has 5 heteroatoms. The molecule has 1 aliphatic carbocycles. The highest BCUT2D eigenvalue weighted by Gasteiger charge is 2.17. The Morgan fingerprint density at radius 2 is 2.16 bits per heavy atom. The van der Waals surface area contributed by atoms with Gasteiger partial charge in [0.2, 0.25) is 0 Å². The molecule has 2 aromatic rings. The van der Waals surface area contributed by atoms with Crippen molar-refractivity contribution in [3.8, 4) is 0 Å². The average molecular weight is 353 g/mol. The van der Waals surface area contributed by atoms with Crippen molar-refractivity contribution in [2.45, 2.75) is 19.3 Å². The first-order chi connectivity index (χ1) is 12.1. The van der Waals surface area contributed by atoms with Crippen molar-refractivity contribution in [2.24, 2.45) is 22.4 Å². The van der Waals surface area contributed by atoms with E-state index >= 15 is 0 Å². The minimum absolute atomic E-state index is 0.513. The molecule has 4 nitrogen and oxygen atoms in total. The number of amidine groups is 1. The second kappa shape index (κ2) is 7.68. The quantitative estimate of drug-likeness (QED) is 0.430. The summed E-state index contributed by atoms with van der Waals surface area (Å²) in [5.74, 6) is 1.09. The molecule has 0 radical (unpaired) electrons. The topological polar surface area (TPSA) is 90.4 Å². The smallest absolute Gasteiger partial charge is 0.141 e. The summed E-state index contributed by atoms with van der Waals surface area (Å²) in [6.45, 7) is 5.01. The van der Waals surface area contributed by atoms with Gasteiger partial charge in [0.15, 0.2) is 0 Å². The van der Waals surface area contributed by atoms with E-state index in [2.05, 4.69) is 17.6 Å². The molecule has 1 heterocycles. The zero-order valence-electron chi connectivity index (χ0n) is 14.2. The van der Waals surface area contributed by atoms with E-state index in [1.807, 2.05) is 35.7 Å². The van der Waals surface area contributed by atoms with Crippen molar-refractivity contribution >= 4 is 34.1 Å². The van der Waals surface area contributed by atoms with E-state index in [-0.39, 0.29) is 0 Å². The predicted octanol–water partition coefficient (Wildman–Crippen LogP) is 4.07. The predicted molar refractivity (Wildman–Crippen MR) is 109 cm³/mol. The van der Waals surface area contributed by atoms with Gasteiger partial charge in [0.05, 0.1) is 10.6 Å². The summed E-state index contributed by atoms with van der Waals surface area (Å²) < 4.78 is 0. The highest BCUT2D eigenvalue weighted by Crippen LogP contribution is 2.35. The molecule has 6 N–H and O–H groups in total. The molecule has 1 atom stereocenters. The second-order valence-corrected chi connectivity index (χ2v) is 7.28. The molecule has 130 valence electrons. The number of benzene rings is 1. The fourth-order valence-corrected chi connectivity index (χ4v) is 3.67. The highest BCUT2D eigenvalue weighted by atomic mass is 32.1. The molecule has 3 rings (SSSR count). The normalized spacial score (nSPS) is 18.0. The van der Waals surface area contributed by atoms with Crippen LogP contribution < -0.4 is 17.2 Å². The fraction of sp³-hybridized carbons (Fsp3) is 0.250. The molecule has 0 spiro atoms. The van der Waals surface area contributed by atoms with Gasteiger partial charge in [0, 0.05) is 11.3 Å². The molecule has 0 amide bonds. The van der Waals surface area contributed by atoms with Gasteiger partial charge in [-0.2, -0.15) is 0 Å². The van der Waals surface area contributed by atoms with Crippen molar-refractivity contribution in [1.29, 1.82) is 0 Å². The van der Waals surface area contributed by atoms with Crippen LogP contribution in [0.5, 0.6) is 0 Å². The number of aliphatic imine (C=N–C) groups is 1. The third-order valence-corrected chi connectivity index (χ3v) is 5.52. The number of nitrogens with two attached hydrogens (primary N) is 3. The summed E-state index contributed by atoms with van der Waals surface area (Å²) in [6, 6.07) is 9.64. The van der Waals surface area contributed by atoms with Crippen LogP contribution in [0.1, 0.15) is 29.7 Å². The van der Waals surface area contributed by atoms with Gasteiger partial charge in [-0.3, -0.25) is 0 Å². The SMILES string of the molecule is C=C(C1=CCC(CN)CC1)c1cc(N=C(N)c2cccs2)ccc1N. The number of rotatable bonds is 5. The van der Waals surface area contributed by atoms with Crippen molar-refractivity contribution in [3.63, 3.8) is 0 Å². The lowest BCUT2D eigenvalue weighted by molar-refractivity contribution is 0.485. The molecule has 1 unspecified atom stereocenters. The standard InChI is InChI=1S/C20H24N4S/c1-13(15-6-4-14(12-21)5-7-15)17-11-16(8-9-18(17)22)24-20(23)19-3-2-10-25-19/h2-3,6,8-11,14H,1,4-5,7,12,21-22H2,(H2,23,24). The molecule has 1 aromatic heterocycles. The third-order valence-electron chi connectivity index (χ3n) is 4.63. The molecule has 25 heavy (non-hydrogen) atoms. The first-order valence-electron chi connectivity index (χ1n) is 8.44. The number of thiophene rings is 1. The summed E-state index contributed by atoms with van der Waals surface area (Å²) >= 11 is 1.57. The van der Waals surface area contributed by atoms with Crippen molar-refractivity contribution in [2.75, 3.05) is 12.3 Å². The van der Waals surface area contributed by atoms with Gasteiger partial charge in [-0.15, -0.1) is 11.3 Å². The molecule has 0 aliphatic heterocycles. The largest absolute Gasteiger partial charge is 0.398 e. The zero-order chi connectivity index (χ0) is 17.8. The number of allylic oxidation sites excluding steroid dienone is 3. The Balaban J connectivity index is 1.86. The summed E-state index contributed by atoms with van der Waals surface area (Å²) in [5.41, 5.74) is 22.7. The molecule has 0 saturated heterocycles. The monoisotopic (exact) mass is 352 g/mol. The van der Waals surface area contributed by atoms with Gasteiger partial charge in [0.25, 0.3) is 0 Å². The van der Waals surface area contributed by atoms with E-state index in [0.29, 0.717) is 17.4 Å². The molecule has 0 saturated carbocycles. The summed E-state index contributed by atoms with van der Waals surface area (Å²) in [4.78, 5) is 5.49. The Bertz CT molecular complexity index is 818. The lowest BCUT2D eigenvalue weighted by Crippen LogP contribution is -2.16. The summed E-state index contributed by atoms with van der Waals surface area (Å²) in [7, 11) is 0. The molecule has 1 aliphatic rings. The van der Waals surface area contributed by atoms with Crippen molar-refractivity contribution < 1.29 is 0 Å². The first kappa shape index (κ1) is 17.5. The van der Waals surface area contributed by atoms with Crippen LogP contribution in [0.3, 0.4) is 0 Å². The Morgan fingerprint density at radius 3 is 2.80 bits per heavy atom. The Labute approximate surface area is 152 Å². The van der Waals surface area contributed by atoms with E-state index in [4.69, 9.17) is 17.2 Å². The number of nitrogen functional groups attached to an aromatic ring is 1. The maximum atomic E-state index is 6.19. The van der Waals surface area contributed by atoms with E-state index in [1.54, 1.807) is 11.3 Å². The van der Waals surface area contributed by atoms with Gasteiger partial charge in [-0.05, 0) is 72.5 Å². The maximum Gasteiger partial charge on any atom is 0.141 e. The lowest BCUT2D eigenvalue weighted by Gasteiger charge is -2.22. The van der Waals surface area contributed by atoms with Crippen molar-refractivity contribution in [1.82, 2.24) is 0 Å². The van der Waals surface area contributed by atoms with Crippen LogP contribution >= 0.6 is 11.3 Å². The Kier molecular flexibility index (Phi) is 5.36. The first-order valence-corrected chi connectivity index (χ1v) is 9.32. The van der Waals surface area contributed by atoms with Gasteiger partial charge in [0.1, 0.15) is 5.84 Å². The van der Waals surface area contributed by atoms with Gasteiger partial charge in [-0.1, -0.05) is 18.7 Å². The van der Waals surface area contributed by atoms with Crippen LogP contribution in [0.4, 0.5) is 11.4 Å². The van der Waals surface area contributed by atoms with E-state index in [1.165, 1.54) is 5.57 Å². The number of hydrogen-bond acceptors (Lipinski definition) is 4. The van der Waals surface area contributed by atoms with Gasteiger partial charge < -0.3 is 17.2 Å². The molecule has 1 aromatic carbocycles. The van der Waals surface area contributed by atoms with Crippen LogP contribution in [0.2, 0.25) is 0 Å². The highest BCUT2D eigenvalue weighted by molar-refractivity contribution is 7.12. The number of nitrogens with zero attached hydrogens (tertiary/aromatic N) is 1. The minimum Gasteiger partial charge on any atom is -0.398 e. The van der Waals surface area contributed by atoms with Crippen LogP contribution in [-0.2, 0) is 0 Å². The Hall–Kier alpha value is -2.37. The molecule has 0 bridgehead atoms. The van der Waals surface area contributed by atoms with Crippen LogP contribution in [0.15, 0.2) is 58.9 Å². The van der Waals surface area contributed by atoms with Crippen LogP contribution in [0.25, 0.3) is 5.57 Å². The number of hydrogen-bond donors (Lipinski definition) is 3. The van der Waals surface area contributed by atoms with Gasteiger partial charge in [-0.25, -0.2) is 4.99 Å². The maximum absolute atomic E-state index is 6.19. The lowest BCUT2D eigenvalue weighted by atomic mass is 9.84. The second-order valence-electron chi connectivity index (χ2n) is 6.33. The minimum atomic E-state index is 0.513. The van der Waals surface area contributed by atoms with E-state index in [9.17, 15) is 0 Å². The van der Waals surface area contributed by atoms with Crippen LogP contribution in [-0.4, -0.2) is 12.4 Å². The zero-order valence-corrected chi connectivity index (χ0v) is 15.1. The average Bonchev–Trinajstić information content (AvgIpc) is 3.17. The molecular weight excluding hydrogens is 328 g/mol. The Morgan fingerprint density at radius 1 is 1.32 bits per heavy atom. The van der Waals surface area contributed by atoms with Gasteiger partial charge >= 0.3 is 0 Å². The number of anilines is 1. The van der Waals surface area contributed by atoms with E-state index in [0.717, 1.165) is 47.5 Å². The fourth-order valence-electron chi connectivity index (χ4n) is 3.04. The molecular formula is C20H24N4S. The van der Waals surface area contributed by atoms with E-state index < -0.39 is 0 Å². The third kappa shape index (κ3) is 4.00. The summed E-state index contributed by atoms with van der Waals surface area (Å²) in [6.07, 6.45) is 5.35. The summed E-state index contributed by atoms with van der Waals surface area (Å²) in [5, 5.41) is 1.98. The molecule has 0 fully saturated rings. The van der Waals surface area contributed by atoms with Crippen molar-refractivity contribution in [3.05, 3.63) is 64.4 Å². The van der Waals surface area contributed by atoms with Crippen LogP contribution in [0, 0.1) is 5.92 Å².